The van der Waals surface area contributed by atoms with Crippen LogP contribution < -0.4 is 5.32 Å². The molecule has 0 unspecified atom stereocenters. The lowest BCUT2D eigenvalue weighted by Crippen LogP contribution is -2.26. The van der Waals surface area contributed by atoms with Crippen molar-refractivity contribution in [3.63, 3.8) is 0 Å². The number of carbonyl (C=O) groups excluding carboxylic acids is 1. The Bertz CT molecular complexity index is 835. The molecule has 0 spiro atoms. The molecule has 1 amide bonds. The fourth-order valence-corrected chi connectivity index (χ4v) is 4.09. The number of amides is 1. The normalized spacial score (nSPS) is 11.3. The molecule has 138 valence electrons. The van der Waals surface area contributed by atoms with Crippen LogP contribution in [-0.2, 0) is 21.4 Å². The summed E-state index contributed by atoms with van der Waals surface area (Å²) in [6.07, 6.45) is 1.62. The molecule has 0 aromatic heterocycles. The highest BCUT2D eigenvalue weighted by molar-refractivity contribution is 8.00. The molecule has 0 atom stereocenters. The van der Waals surface area contributed by atoms with E-state index in [0.29, 0.717) is 13.1 Å². The maximum atomic E-state index is 12.7. The smallest absolute Gasteiger partial charge is 0.243 e. The number of benzene rings is 2. The highest BCUT2D eigenvalue weighted by Crippen LogP contribution is 2.22. The highest BCUT2D eigenvalue weighted by atomic mass is 32.2. The molecule has 2 aromatic rings. The molecule has 2 rings (SSSR count). The molecule has 0 heterocycles. The summed E-state index contributed by atoms with van der Waals surface area (Å²) in [5, 5.41) is 2.70. The molecule has 0 radical (unpaired) electrons. The number of nitrogens with zero attached hydrogens (tertiary/aromatic N) is 1. The van der Waals surface area contributed by atoms with E-state index in [1.54, 1.807) is 37.4 Å². The van der Waals surface area contributed by atoms with Crippen LogP contribution in [0.2, 0.25) is 0 Å². The van der Waals surface area contributed by atoms with E-state index < -0.39 is 10.0 Å². The predicted molar refractivity (Wildman–Crippen MR) is 105 cm³/mol. The van der Waals surface area contributed by atoms with Crippen LogP contribution in [0, 0.1) is 0 Å². The third-order valence-electron chi connectivity index (χ3n) is 3.59. The zero-order valence-electron chi connectivity index (χ0n) is 14.6. The minimum atomic E-state index is -3.56. The van der Waals surface area contributed by atoms with Crippen molar-refractivity contribution < 1.29 is 13.2 Å². The minimum absolute atomic E-state index is 0.0887. The molecule has 0 aliphatic carbocycles. The van der Waals surface area contributed by atoms with Crippen molar-refractivity contribution >= 4 is 27.7 Å². The van der Waals surface area contributed by atoms with Crippen LogP contribution in [-0.4, -0.2) is 38.0 Å². The monoisotopic (exact) mass is 390 g/mol. The van der Waals surface area contributed by atoms with E-state index >= 15 is 0 Å². The van der Waals surface area contributed by atoms with E-state index in [1.807, 2.05) is 30.3 Å². The third kappa shape index (κ3) is 5.72. The van der Waals surface area contributed by atoms with E-state index in [-0.39, 0.29) is 16.6 Å². The Morgan fingerprint density at radius 3 is 2.42 bits per heavy atom. The molecule has 2 aromatic carbocycles. The van der Waals surface area contributed by atoms with Gasteiger partial charge in [-0.25, -0.2) is 8.42 Å². The largest absolute Gasteiger partial charge is 0.352 e. The molecule has 26 heavy (non-hydrogen) atoms. The van der Waals surface area contributed by atoms with Crippen molar-refractivity contribution in [2.75, 3.05) is 19.3 Å². The van der Waals surface area contributed by atoms with Gasteiger partial charge in [0.2, 0.25) is 15.9 Å². The molecule has 0 aliphatic rings. The second kappa shape index (κ2) is 9.56. The fourth-order valence-electron chi connectivity index (χ4n) is 2.20. The summed E-state index contributed by atoms with van der Waals surface area (Å²) in [5.41, 5.74) is 0.927. The fraction of sp³-hybridized carbons (Fsp3) is 0.211. The topological polar surface area (TPSA) is 66.5 Å². The summed E-state index contributed by atoms with van der Waals surface area (Å²) in [5.74, 6) is 0.183. The summed E-state index contributed by atoms with van der Waals surface area (Å²) >= 11 is 1.35. The van der Waals surface area contributed by atoms with E-state index in [1.165, 1.54) is 16.1 Å². The van der Waals surface area contributed by atoms with Gasteiger partial charge < -0.3 is 5.32 Å². The van der Waals surface area contributed by atoms with Crippen LogP contribution in [0.15, 0.2) is 77.0 Å². The van der Waals surface area contributed by atoms with E-state index in [0.717, 1.165) is 10.5 Å². The van der Waals surface area contributed by atoms with Crippen LogP contribution >= 0.6 is 11.8 Å². The Kier molecular flexibility index (Phi) is 7.44. The Hall–Kier alpha value is -2.09. The number of nitrogens with one attached hydrogen (secondary N) is 1. The molecule has 7 heteroatoms. The lowest BCUT2D eigenvalue weighted by molar-refractivity contribution is -0.118. The van der Waals surface area contributed by atoms with E-state index in [9.17, 15) is 13.2 Å². The number of carbonyl (C=O) groups is 1. The molecule has 0 fully saturated rings. The van der Waals surface area contributed by atoms with Gasteiger partial charge in [-0.15, -0.1) is 18.3 Å². The predicted octanol–water partition coefficient (Wildman–Crippen LogP) is 2.90. The first-order chi connectivity index (χ1) is 12.4. The lowest BCUT2D eigenvalue weighted by Gasteiger charge is -2.17. The Labute approximate surface area is 159 Å². The third-order valence-corrected chi connectivity index (χ3v) is 6.42. The van der Waals surface area contributed by atoms with Gasteiger partial charge in [0.25, 0.3) is 0 Å². The van der Waals surface area contributed by atoms with Crippen LogP contribution in [0.1, 0.15) is 5.56 Å². The standard InChI is InChI=1S/C19H22N2O3S2/c1-3-13-20-19(22)15-25-17-9-11-18(12-10-17)26(23,24)21(2)14-16-7-5-4-6-8-16/h3-12H,1,13-15H2,2H3,(H,20,22). The van der Waals surface area contributed by atoms with E-state index in [4.69, 9.17) is 0 Å². The van der Waals surface area contributed by atoms with E-state index in [2.05, 4.69) is 11.9 Å². The van der Waals surface area contributed by atoms with Crippen molar-refractivity contribution in [2.45, 2.75) is 16.3 Å². The van der Waals surface area contributed by atoms with Crippen LogP contribution in [0.3, 0.4) is 0 Å². The van der Waals surface area contributed by atoms with Gasteiger partial charge in [0.15, 0.2) is 0 Å². The highest BCUT2D eigenvalue weighted by Gasteiger charge is 2.20. The summed E-state index contributed by atoms with van der Waals surface area (Å²) < 4.78 is 26.7. The number of rotatable bonds is 9. The molecule has 1 N–H and O–H groups in total. The lowest BCUT2D eigenvalue weighted by atomic mass is 10.2. The van der Waals surface area contributed by atoms with Gasteiger partial charge in [0, 0.05) is 25.0 Å². The number of sulfonamides is 1. The Morgan fingerprint density at radius 2 is 1.81 bits per heavy atom. The van der Waals surface area contributed by atoms with Crippen molar-refractivity contribution in [3.8, 4) is 0 Å². The van der Waals surface area contributed by atoms with Crippen molar-refractivity contribution in [2.24, 2.45) is 0 Å². The Balaban J connectivity index is 1.99. The first kappa shape index (κ1) is 20.2. The van der Waals surface area contributed by atoms with Gasteiger partial charge in [0.05, 0.1) is 10.6 Å². The average molecular weight is 391 g/mol. The average Bonchev–Trinajstić information content (AvgIpc) is 2.65. The summed E-state index contributed by atoms with van der Waals surface area (Å²) in [6.45, 7) is 4.29. The molecule has 0 saturated heterocycles. The second-order valence-electron chi connectivity index (χ2n) is 5.60. The first-order valence-electron chi connectivity index (χ1n) is 8.04. The quantitative estimate of drug-likeness (QED) is 0.528. The summed E-state index contributed by atoms with van der Waals surface area (Å²) in [7, 11) is -2.00. The van der Waals surface area contributed by atoms with Gasteiger partial charge in [-0.2, -0.15) is 4.31 Å². The van der Waals surface area contributed by atoms with Gasteiger partial charge in [-0.1, -0.05) is 36.4 Å². The van der Waals surface area contributed by atoms with Crippen molar-refractivity contribution in [1.29, 1.82) is 0 Å². The SMILES string of the molecule is C=CCNC(=O)CSc1ccc(S(=O)(=O)N(C)Cc2ccccc2)cc1. The van der Waals surface area contributed by atoms with Gasteiger partial charge in [0.1, 0.15) is 0 Å². The van der Waals surface area contributed by atoms with Gasteiger partial charge in [-0.05, 0) is 29.8 Å². The second-order valence-corrected chi connectivity index (χ2v) is 8.69. The zero-order chi connectivity index (χ0) is 19.0. The minimum Gasteiger partial charge on any atom is -0.352 e. The van der Waals surface area contributed by atoms with Gasteiger partial charge >= 0.3 is 0 Å². The molecule has 0 saturated carbocycles. The molecular weight excluding hydrogens is 368 g/mol. The molecule has 5 nitrogen and oxygen atoms in total. The molecule has 0 bridgehead atoms. The first-order valence-corrected chi connectivity index (χ1v) is 10.5. The molecule has 0 aliphatic heterocycles. The van der Waals surface area contributed by atoms with Crippen molar-refractivity contribution in [1.82, 2.24) is 9.62 Å². The van der Waals surface area contributed by atoms with Gasteiger partial charge in [-0.3, -0.25) is 4.79 Å². The number of thioether (sulfide) groups is 1. The zero-order valence-corrected chi connectivity index (χ0v) is 16.2. The van der Waals surface area contributed by atoms with Crippen LogP contribution in [0.4, 0.5) is 0 Å². The maximum Gasteiger partial charge on any atom is 0.243 e. The maximum absolute atomic E-state index is 12.7. The Morgan fingerprint density at radius 1 is 1.15 bits per heavy atom. The summed E-state index contributed by atoms with van der Waals surface area (Å²) in [4.78, 5) is 12.7. The van der Waals surface area contributed by atoms with Crippen LogP contribution in [0.5, 0.6) is 0 Å². The number of hydrogen-bond donors (Lipinski definition) is 1. The van der Waals surface area contributed by atoms with Crippen molar-refractivity contribution in [3.05, 3.63) is 72.8 Å². The molecular formula is C19H22N2O3S2. The summed E-state index contributed by atoms with van der Waals surface area (Å²) in [6, 6.07) is 16.0. The number of hydrogen-bond acceptors (Lipinski definition) is 4. The van der Waals surface area contributed by atoms with Crippen LogP contribution in [0.25, 0.3) is 0 Å².